The molecular formula is C21H19NO3S. The fraction of sp³-hybridized carbons (Fsp3) is 0.238. The van der Waals surface area contributed by atoms with Gasteiger partial charge < -0.3 is 9.64 Å². The SMILES string of the molecule is COC(=O)[C@]12C(=O)Sc3ccccc3C1=C(C)N(C)[C@H]2c1ccccc1. The number of ether oxygens (including phenoxy) is 1. The molecular weight excluding hydrogens is 346 g/mol. The Hall–Kier alpha value is -2.53. The molecule has 5 heteroatoms. The van der Waals surface area contributed by atoms with E-state index >= 15 is 0 Å². The number of methoxy groups -OCH3 is 1. The zero-order valence-electron chi connectivity index (χ0n) is 14.9. The normalized spacial score (nSPS) is 24.3. The first kappa shape index (κ1) is 16.9. The third kappa shape index (κ3) is 2.04. The monoisotopic (exact) mass is 365 g/mol. The molecule has 0 spiro atoms. The van der Waals surface area contributed by atoms with Crippen molar-refractivity contribution in [1.82, 2.24) is 4.90 Å². The first-order valence-corrected chi connectivity index (χ1v) is 9.24. The molecule has 2 aliphatic rings. The summed E-state index contributed by atoms with van der Waals surface area (Å²) in [4.78, 5) is 29.5. The average molecular weight is 365 g/mol. The summed E-state index contributed by atoms with van der Waals surface area (Å²) in [6.45, 7) is 1.97. The molecule has 0 unspecified atom stereocenters. The Bertz CT molecular complexity index is 937. The Morgan fingerprint density at radius 1 is 1.12 bits per heavy atom. The summed E-state index contributed by atoms with van der Waals surface area (Å²) < 4.78 is 5.19. The molecule has 2 atom stereocenters. The van der Waals surface area contributed by atoms with Crippen molar-refractivity contribution in [1.29, 1.82) is 0 Å². The van der Waals surface area contributed by atoms with Gasteiger partial charge in [0.1, 0.15) is 0 Å². The van der Waals surface area contributed by atoms with Crippen LogP contribution in [0.1, 0.15) is 24.1 Å². The van der Waals surface area contributed by atoms with Gasteiger partial charge in [-0.3, -0.25) is 9.59 Å². The van der Waals surface area contributed by atoms with Gasteiger partial charge >= 0.3 is 5.97 Å². The first-order valence-electron chi connectivity index (χ1n) is 8.42. The molecule has 0 saturated heterocycles. The third-order valence-electron chi connectivity index (χ3n) is 5.39. The Morgan fingerprint density at radius 3 is 2.46 bits per heavy atom. The van der Waals surface area contributed by atoms with E-state index in [4.69, 9.17) is 4.74 Å². The number of hydrogen-bond acceptors (Lipinski definition) is 5. The number of esters is 1. The molecule has 4 nitrogen and oxygen atoms in total. The highest BCUT2D eigenvalue weighted by atomic mass is 32.2. The summed E-state index contributed by atoms with van der Waals surface area (Å²) in [7, 11) is 3.28. The Morgan fingerprint density at radius 2 is 1.77 bits per heavy atom. The summed E-state index contributed by atoms with van der Waals surface area (Å²) in [5, 5.41) is -0.185. The molecule has 0 aromatic heterocycles. The second kappa shape index (κ2) is 6.02. The lowest BCUT2D eigenvalue weighted by molar-refractivity contribution is -0.154. The molecule has 0 saturated carbocycles. The minimum Gasteiger partial charge on any atom is -0.468 e. The zero-order chi connectivity index (χ0) is 18.5. The van der Waals surface area contributed by atoms with Crippen LogP contribution in [0.3, 0.4) is 0 Å². The third-order valence-corrected chi connectivity index (χ3v) is 6.47. The van der Waals surface area contributed by atoms with Crippen LogP contribution in [0.25, 0.3) is 5.57 Å². The van der Waals surface area contributed by atoms with E-state index in [-0.39, 0.29) is 5.12 Å². The van der Waals surface area contributed by atoms with E-state index in [2.05, 4.69) is 0 Å². The van der Waals surface area contributed by atoms with Crippen LogP contribution in [0.5, 0.6) is 0 Å². The maximum absolute atomic E-state index is 13.4. The number of carbonyl (C=O) groups is 2. The molecule has 4 rings (SSSR count). The number of allylic oxidation sites excluding steroid dienone is 1. The highest BCUT2D eigenvalue weighted by Gasteiger charge is 2.64. The van der Waals surface area contributed by atoms with E-state index in [0.29, 0.717) is 0 Å². The van der Waals surface area contributed by atoms with E-state index in [1.165, 1.54) is 7.11 Å². The van der Waals surface area contributed by atoms with Crippen molar-refractivity contribution in [3.8, 4) is 0 Å². The second-order valence-electron chi connectivity index (χ2n) is 6.57. The molecule has 2 aromatic carbocycles. The average Bonchev–Trinajstić information content (AvgIpc) is 2.91. The number of benzene rings is 2. The lowest BCUT2D eigenvalue weighted by atomic mass is 9.71. The molecule has 2 heterocycles. The smallest absolute Gasteiger partial charge is 0.327 e. The van der Waals surface area contributed by atoms with Crippen LogP contribution in [0, 0.1) is 5.41 Å². The van der Waals surface area contributed by atoms with Gasteiger partial charge in [0.2, 0.25) is 5.12 Å². The summed E-state index contributed by atoms with van der Waals surface area (Å²) in [5.41, 5.74) is 2.17. The fourth-order valence-electron chi connectivity index (χ4n) is 4.21. The van der Waals surface area contributed by atoms with Gasteiger partial charge in [0.05, 0.1) is 13.2 Å². The number of rotatable bonds is 2. The van der Waals surface area contributed by atoms with Crippen molar-refractivity contribution in [3.63, 3.8) is 0 Å². The van der Waals surface area contributed by atoms with Gasteiger partial charge in [0.15, 0.2) is 5.41 Å². The highest BCUT2D eigenvalue weighted by Crippen LogP contribution is 2.62. The van der Waals surface area contributed by atoms with Crippen molar-refractivity contribution in [2.75, 3.05) is 14.2 Å². The van der Waals surface area contributed by atoms with Crippen molar-refractivity contribution in [2.24, 2.45) is 5.41 Å². The predicted octanol–water partition coefficient (Wildman–Crippen LogP) is 3.90. The number of nitrogens with zero attached hydrogens (tertiary/aromatic N) is 1. The van der Waals surface area contributed by atoms with E-state index in [0.717, 1.165) is 39.1 Å². The van der Waals surface area contributed by atoms with E-state index in [1.54, 1.807) is 0 Å². The topological polar surface area (TPSA) is 46.6 Å². The molecule has 0 fully saturated rings. The molecule has 0 aliphatic carbocycles. The van der Waals surface area contributed by atoms with Crippen LogP contribution < -0.4 is 0 Å². The minimum atomic E-state index is -1.37. The molecule has 2 aromatic rings. The largest absolute Gasteiger partial charge is 0.468 e. The summed E-state index contributed by atoms with van der Waals surface area (Å²) in [6.07, 6.45) is 0. The van der Waals surface area contributed by atoms with Crippen molar-refractivity contribution < 1.29 is 14.3 Å². The van der Waals surface area contributed by atoms with Crippen LogP contribution in [0.2, 0.25) is 0 Å². The van der Waals surface area contributed by atoms with Gasteiger partial charge in [-0.15, -0.1) is 0 Å². The Balaban J connectivity index is 2.06. The van der Waals surface area contributed by atoms with Gasteiger partial charge in [-0.1, -0.05) is 48.5 Å². The first-order chi connectivity index (χ1) is 12.5. The van der Waals surface area contributed by atoms with E-state index < -0.39 is 17.4 Å². The Labute approximate surface area is 156 Å². The van der Waals surface area contributed by atoms with E-state index in [9.17, 15) is 9.59 Å². The fourth-order valence-corrected chi connectivity index (χ4v) is 5.30. The standard InChI is InChI=1S/C21H19NO3S/c1-13-17-15-11-7-8-12-16(15)26-20(24)21(17,19(23)25-3)18(22(13)2)14-9-5-4-6-10-14/h4-12,18H,1-3H3/t18-,21-/m0/s1. The van der Waals surface area contributed by atoms with Crippen LogP contribution in [0.4, 0.5) is 0 Å². The summed E-state index contributed by atoms with van der Waals surface area (Å²) >= 11 is 1.13. The summed E-state index contributed by atoms with van der Waals surface area (Å²) in [6, 6.07) is 17.0. The minimum absolute atomic E-state index is 0.185. The van der Waals surface area contributed by atoms with Crippen LogP contribution in [-0.2, 0) is 14.3 Å². The lowest BCUT2D eigenvalue weighted by Crippen LogP contribution is -2.47. The molecule has 132 valence electrons. The Kier molecular flexibility index (Phi) is 3.92. The van der Waals surface area contributed by atoms with Gasteiger partial charge in [-0.05, 0) is 35.9 Å². The molecule has 26 heavy (non-hydrogen) atoms. The van der Waals surface area contributed by atoms with Gasteiger partial charge in [-0.25, -0.2) is 0 Å². The maximum Gasteiger partial charge on any atom is 0.327 e. The van der Waals surface area contributed by atoms with Gasteiger partial charge in [-0.2, -0.15) is 0 Å². The number of fused-ring (bicyclic) bond motifs is 3. The molecule has 0 radical (unpaired) electrons. The predicted molar refractivity (Wildman–Crippen MR) is 101 cm³/mol. The molecule has 0 N–H and O–H groups in total. The summed E-state index contributed by atoms with van der Waals surface area (Å²) in [5.74, 6) is -0.503. The van der Waals surface area contributed by atoms with Gasteiger partial charge in [0.25, 0.3) is 0 Å². The zero-order valence-corrected chi connectivity index (χ0v) is 15.7. The lowest BCUT2D eigenvalue weighted by Gasteiger charge is -2.38. The van der Waals surface area contributed by atoms with Crippen molar-refractivity contribution in [3.05, 3.63) is 71.4 Å². The molecule has 0 amide bonds. The van der Waals surface area contributed by atoms with Crippen molar-refractivity contribution >= 4 is 28.4 Å². The molecule has 2 aliphatic heterocycles. The maximum atomic E-state index is 13.4. The second-order valence-corrected chi connectivity index (χ2v) is 7.58. The molecule has 0 bridgehead atoms. The number of carbonyl (C=O) groups excluding carboxylic acids is 2. The van der Waals surface area contributed by atoms with Gasteiger partial charge in [0, 0.05) is 23.2 Å². The van der Waals surface area contributed by atoms with Crippen LogP contribution >= 0.6 is 11.8 Å². The van der Waals surface area contributed by atoms with Crippen LogP contribution in [0.15, 0.2) is 65.2 Å². The number of thioether (sulfide) groups is 1. The van der Waals surface area contributed by atoms with Crippen molar-refractivity contribution in [2.45, 2.75) is 17.9 Å². The van der Waals surface area contributed by atoms with E-state index in [1.807, 2.05) is 73.5 Å². The quantitative estimate of drug-likeness (QED) is 0.597. The number of hydrogen-bond donors (Lipinski definition) is 0. The van der Waals surface area contributed by atoms with Crippen LogP contribution in [-0.4, -0.2) is 30.1 Å². The highest BCUT2D eigenvalue weighted by molar-refractivity contribution is 8.14.